The van der Waals surface area contributed by atoms with E-state index in [0.29, 0.717) is 12.2 Å². The van der Waals surface area contributed by atoms with Crippen LogP contribution in [0.4, 0.5) is 4.39 Å². The molecule has 0 aliphatic carbocycles. The van der Waals surface area contributed by atoms with E-state index in [0.717, 1.165) is 15.6 Å². The van der Waals surface area contributed by atoms with Crippen molar-refractivity contribution in [2.24, 2.45) is 0 Å². The molecule has 1 heterocycles. The zero-order valence-corrected chi connectivity index (χ0v) is 15.9. The highest BCUT2D eigenvalue weighted by Gasteiger charge is 2.07. The third-order valence-electron chi connectivity index (χ3n) is 3.96. The number of nitrogens with zero attached hydrogens (tertiary/aromatic N) is 2. The van der Waals surface area contributed by atoms with E-state index in [1.54, 1.807) is 18.2 Å². The minimum absolute atomic E-state index is 0.123. The molecular weight excluding hydrogens is 413 g/mol. The van der Waals surface area contributed by atoms with Crippen molar-refractivity contribution in [3.63, 3.8) is 0 Å². The first-order chi connectivity index (χ1) is 13.0. The average Bonchev–Trinajstić information content (AvgIpc) is 2.67. The summed E-state index contributed by atoms with van der Waals surface area (Å²) in [5.74, 6) is -0.525. The Morgan fingerprint density at radius 1 is 1.04 bits per heavy atom. The first kappa shape index (κ1) is 19.0. The summed E-state index contributed by atoms with van der Waals surface area (Å²) >= 11 is 3.38. The summed E-state index contributed by atoms with van der Waals surface area (Å²) in [6.45, 7) is 0.485. The van der Waals surface area contributed by atoms with Crippen LogP contribution in [0.3, 0.4) is 0 Å². The zero-order chi connectivity index (χ0) is 19.2. The summed E-state index contributed by atoms with van der Waals surface area (Å²) in [5, 5.41) is 7.09. The van der Waals surface area contributed by atoms with Gasteiger partial charge >= 0.3 is 0 Å². The van der Waals surface area contributed by atoms with Gasteiger partial charge in [0.25, 0.3) is 5.56 Å². The molecule has 27 heavy (non-hydrogen) atoms. The fourth-order valence-corrected chi connectivity index (χ4v) is 2.75. The maximum Gasteiger partial charge on any atom is 0.266 e. The number of hydrogen-bond acceptors (Lipinski definition) is 3. The van der Waals surface area contributed by atoms with E-state index in [1.165, 1.54) is 22.9 Å². The average molecular weight is 430 g/mol. The van der Waals surface area contributed by atoms with Gasteiger partial charge in [-0.2, -0.15) is 5.10 Å². The monoisotopic (exact) mass is 429 g/mol. The van der Waals surface area contributed by atoms with Gasteiger partial charge < -0.3 is 5.32 Å². The molecule has 0 atom stereocenters. The highest BCUT2D eigenvalue weighted by atomic mass is 79.9. The third-order valence-corrected chi connectivity index (χ3v) is 4.49. The van der Waals surface area contributed by atoms with Crippen molar-refractivity contribution in [3.8, 4) is 11.3 Å². The molecule has 0 spiro atoms. The quantitative estimate of drug-likeness (QED) is 0.651. The molecule has 7 heteroatoms. The number of halogens is 2. The highest BCUT2D eigenvalue weighted by molar-refractivity contribution is 9.10. The van der Waals surface area contributed by atoms with Crippen LogP contribution < -0.4 is 10.9 Å². The van der Waals surface area contributed by atoms with Gasteiger partial charge in [0.1, 0.15) is 5.82 Å². The number of carbonyl (C=O) groups is 1. The van der Waals surface area contributed by atoms with Crippen LogP contribution in [0, 0.1) is 5.82 Å². The first-order valence-corrected chi connectivity index (χ1v) is 9.16. The van der Waals surface area contributed by atoms with E-state index < -0.39 is 0 Å². The SMILES string of the molecule is O=C(CCn1nc(-c2ccc(Br)cc2)ccc1=O)NCc1ccc(F)cc1. The van der Waals surface area contributed by atoms with E-state index in [2.05, 4.69) is 26.3 Å². The molecule has 0 saturated carbocycles. The molecule has 1 aromatic heterocycles. The standard InChI is InChI=1S/C20H17BrFN3O2/c21-16-5-3-15(4-6-16)18-9-10-20(27)25(24-18)12-11-19(26)23-13-14-1-7-17(22)8-2-14/h1-10H,11-13H2,(H,23,26). The van der Waals surface area contributed by atoms with Gasteiger partial charge in [-0.15, -0.1) is 0 Å². The van der Waals surface area contributed by atoms with E-state index >= 15 is 0 Å². The van der Waals surface area contributed by atoms with Gasteiger partial charge in [-0.1, -0.05) is 40.2 Å². The van der Waals surface area contributed by atoms with Gasteiger partial charge in [0.2, 0.25) is 5.91 Å². The second kappa shape index (κ2) is 8.73. The largest absolute Gasteiger partial charge is 0.352 e. The van der Waals surface area contributed by atoms with Gasteiger partial charge in [-0.05, 0) is 35.9 Å². The molecule has 0 unspecified atom stereocenters. The van der Waals surface area contributed by atoms with Crippen LogP contribution in [0.1, 0.15) is 12.0 Å². The molecule has 3 aromatic rings. The van der Waals surface area contributed by atoms with Crippen molar-refractivity contribution < 1.29 is 9.18 Å². The van der Waals surface area contributed by atoms with E-state index in [-0.39, 0.29) is 30.2 Å². The normalized spacial score (nSPS) is 10.6. The molecule has 1 amide bonds. The molecule has 138 valence electrons. The second-order valence-electron chi connectivity index (χ2n) is 5.94. The number of benzene rings is 2. The van der Waals surface area contributed by atoms with Crippen LogP contribution in [0.2, 0.25) is 0 Å². The lowest BCUT2D eigenvalue weighted by molar-refractivity contribution is -0.121. The molecule has 0 fully saturated rings. The lowest BCUT2D eigenvalue weighted by atomic mass is 10.1. The minimum atomic E-state index is -0.318. The third kappa shape index (κ3) is 5.34. The Morgan fingerprint density at radius 2 is 1.74 bits per heavy atom. The van der Waals surface area contributed by atoms with Gasteiger partial charge in [-0.3, -0.25) is 9.59 Å². The Kier molecular flexibility index (Phi) is 6.13. The molecular formula is C20H17BrFN3O2. The number of amides is 1. The topological polar surface area (TPSA) is 64.0 Å². The fraction of sp³-hybridized carbons (Fsp3) is 0.150. The predicted octanol–water partition coefficient (Wildman–Crippen LogP) is 3.52. The number of nitrogens with one attached hydrogen (secondary N) is 1. The summed E-state index contributed by atoms with van der Waals surface area (Å²) in [4.78, 5) is 24.0. The van der Waals surface area contributed by atoms with Crippen LogP contribution in [0.15, 0.2) is 69.9 Å². The number of hydrogen-bond donors (Lipinski definition) is 1. The zero-order valence-electron chi connectivity index (χ0n) is 14.4. The Balaban J connectivity index is 1.60. The van der Waals surface area contributed by atoms with Gasteiger partial charge in [0.05, 0.1) is 12.2 Å². The molecule has 0 radical (unpaired) electrons. The number of rotatable bonds is 6. The maximum absolute atomic E-state index is 12.9. The molecule has 3 rings (SSSR count). The smallest absolute Gasteiger partial charge is 0.266 e. The van der Waals surface area contributed by atoms with Crippen LogP contribution in [-0.2, 0) is 17.9 Å². The Labute approximate surface area is 164 Å². The fourth-order valence-electron chi connectivity index (χ4n) is 2.48. The lowest BCUT2D eigenvalue weighted by Gasteiger charge is -2.08. The summed E-state index contributed by atoms with van der Waals surface area (Å²) in [6, 6.07) is 16.6. The van der Waals surface area contributed by atoms with Crippen molar-refractivity contribution in [1.29, 1.82) is 0 Å². The minimum Gasteiger partial charge on any atom is -0.352 e. The van der Waals surface area contributed by atoms with Gasteiger partial charge in [0.15, 0.2) is 0 Å². The number of aryl methyl sites for hydroxylation is 1. The summed E-state index contributed by atoms with van der Waals surface area (Å²) in [7, 11) is 0. The molecule has 2 aromatic carbocycles. The van der Waals surface area contributed by atoms with Crippen molar-refractivity contribution in [1.82, 2.24) is 15.1 Å². The van der Waals surface area contributed by atoms with Crippen LogP contribution in [-0.4, -0.2) is 15.7 Å². The Morgan fingerprint density at radius 3 is 2.44 bits per heavy atom. The first-order valence-electron chi connectivity index (χ1n) is 8.36. The summed E-state index contributed by atoms with van der Waals surface area (Å²) < 4.78 is 15.1. The van der Waals surface area contributed by atoms with Gasteiger partial charge in [0, 0.05) is 29.1 Å². The molecule has 0 aliphatic rings. The maximum atomic E-state index is 12.9. The van der Waals surface area contributed by atoms with E-state index in [4.69, 9.17) is 0 Å². The molecule has 5 nitrogen and oxygen atoms in total. The second-order valence-corrected chi connectivity index (χ2v) is 6.86. The molecule has 0 bridgehead atoms. The molecule has 0 aliphatic heterocycles. The van der Waals surface area contributed by atoms with E-state index in [9.17, 15) is 14.0 Å². The van der Waals surface area contributed by atoms with Crippen molar-refractivity contribution >= 4 is 21.8 Å². The van der Waals surface area contributed by atoms with Gasteiger partial charge in [-0.25, -0.2) is 9.07 Å². The lowest BCUT2D eigenvalue weighted by Crippen LogP contribution is -2.28. The summed E-state index contributed by atoms with van der Waals surface area (Å²) in [5.41, 5.74) is 2.08. The van der Waals surface area contributed by atoms with Crippen LogP contribution in [0.25, 0.3) is 11.3 Å². The predicted molar refractivity (Wildman–Crippen MR) is 104 cm³/mol. The number of carbonyl (C=O) groups excluding carboxylic acids is 1. The summed E-state index contributed by atoms with van der Waals surface area (Å²) in [6.07, 6.45) is 0.123. The molecule has 0 saturated heterocycles. The van der Waals surface area contributed by atoms with E-state index in [1.807, 2.05) is 24.3 Å². The van der Waals surface area contributed by atoms with Crippen molar-refractivity contribution in [2.75, 3.05) is 0 Å². The van der Waals surface area contributed by atoms with Crippen LogP contribution >= 0.6 is 15.9 Å². The van der Waals surface area contributed by atoms with Crippen molar-refractivity contribution in [3.05, 3.63) is 86.9 Å². The van der Waals surface area contributed by atoms with Crippen LogP contribution in [0.5, 0.6) is 0 Å². The Hall–Kier alpha value is -2.80. The molecule has 1 N–H and O–H groups in total. The Bertz CT molecular complexity index is 985. The highest BCUT2D eigenvalue weighted by Crippen LogP contribution is 2.18. The number of aromatic nitrogens is 2. The van der Waals surface area contributed by atoms with Crippen molar-refractivity contribution in [2.45, 2.75) is 19.5 Å².